The molecule has 1 aliphatic carbocycles. The second-order valence-electron chi connectivity index (χ2n) is 6.59. The Balaban J connectivity index is 1.70. The Hall–Kier alpha value is -2.89. The molecule has 2 N–H and O–H groups in total. The number of hydrogen-bond acceptors (Lipinski definition) is 3. The van der Waals surface area contributed by atoms with Crippen LogP contribution in [0.4, 0.5) is 5.69 Å². The summed E-state index contributed by atoms with van der Waals surface area (Å²) in [5, 5.41) is 5.05. The molecule has 1 aromatic carbocycles. The Bertz CT molecular complexity index is 855. The molecule has 6 heteroatoms. The number of hydrogen-bond donors (Lipinski definition) is 2. The molecular weight excluding hydrogens is 318 g/mol. The van der Waals surface area contributed by atoms with Crippen molar-refractivity contribution >= 4 is 17.5 Å². The van der Waals surface area contributed by atoms with Crippen molar-refractivity contribution in [3.63, 3.8) is 0 Å². The molecule has 0 radical (unpaired) electrons. The molecule has 0 bridgehead atoms. The number of aromatic nitrogens is 1. The van der Waals surface area contributed by atoms with Gasteiger partial charge in [-0.2, -0.15) is 0 Å². The van der Waals surface area contributed by atoms with Crippen LogP contribution in [0.2, 0.25) is 0 Å². The molecule has 25 heavy (non-hydrogen) atoms. The molecule has 2 aromatic rings. The van der Waals surface area contributed by atoms with Gasteiger partial charge in [0.05, 0.1) is 6.54 Å². The molecule has 1 aliphatic rings. The van der Waals surface area contributed by atoms with Gasteiger partial charge in [-0.25, -0.2) is 0 Å². The maximum atomic E-state index is 12.5. The molecule has 1 aromatic heterocycles. The van der Waals surface area contributed by atoms with Crippen LogP contribution in [-0.4, -0.2) is 22.4 Å². The topological polar surface area (TPSA) is 80.2 Å². The number of anilines is 1. The molecule has 0 spiro atoms. The van der Waals surface area contributed by atoms with Crippen molar-refractivity contribution in [3.05, 3.63) is 64.1 Å². The zero-order valence-corrected chi connectivity index (χ0v) is 14.3. The second kappa shape index (κ2) is 6.93. The summed E-state index contributed by atoms with van der Waals surface area (Å²) in [6.07, 6.45) is 2.54. The van der Waals surface area contributed by atoms with E-state index in [-0.39, 0.29) is 17.3 Å². The number of pyridine rings is 1. The summed E-state index contributed by atoms with van der Waals surface area (Å²) >= 11 is 0. The standard InChI is InChI=1S/C19H21N3O3/c1-12-5-7-14(8-6-12)11-22-9-3-4-15(19(22)25)20-17(23)18(24)21-16-10-13(16)2/h3-9,13,16H,10-11H2,1-2H3,(H,20,23)(H,21,24)/t13-,16-/m1/s1. The quantitative estimate of drug-likeness (QED) is 0.832. The zero-order valence-electron chi connectivity index (χ0n) is 14.3. The third kappa shape index (κ3) is 4.15. The first-order valence-corrected chi connectivity index (χ1v) is 8.31. The lowest BCUT2D eigenvalue weighted by atomic mass is 10.1. The highest BCUT2D eigenvalue weighted by atomic mass is 16.2. The van der Waals surface area contributed by atoms with Crippen molar-refractivity contribution < 1.29 is 9.59 Å². The molecule has 0 saturated heterocycles. The first-order chi connectivity index (χ1) is 11.9. The van der Waals surface area contributed by atoms with Crippen molar-refractivity contribution in [2.24, 2.45) is 5.92 Å². The van der Waals surface area contributed by atoms with Crippen molar-refractivity contribution in [2.45, 2.75) is 32.9 Å². The molecule has 130 valence electrons. The summed E-state index contributed by atoms with van der Waals surface area (Å²) < 4.78 is 1.50. The molecule has 1 heterocycles. The third-order valence-electron chi connectivity index (χ3n) is 4.37. The third-order valence-corrected chi connectivity index (χ3v) is 4.37. The molecule has 2 amide bonds. The minimum absolute atomic E-state index is 0.0622. The van der Waals surface area contributed by atoms with Gasteiger partial charge in [0.25, 0.3) is 5.56 Å². The number of rotatable bonds is 4. The van der Waals surface area contributed by atoms with Crippen molar-refractivity contribution in [1.29, 1.82) is 0 Å². The average Bonchev–Trinajstić information content (AvgIpc) is 3.28. The van der Waals surface area contributed by atoms with Gasteiger partial charge in [-0.05, 0) is 37.0 Å². The lowest BCUT2D eigenvalue weighted by molar-refractivity contribution is -0.136. The van der Waals surface area contributed by atoms with Gasteiger partial charge >= 0.3 is 11.8 Å². The Labute approximate surface area is 145 Å². The molecule has 3 rings (SSSR count). The SMILES string of the molecule is Cc1ccc(Cn2cccc(NC(=O)C(=O)N[C@@H]3C[C@H]3C)c2=O)cc1. The van der Waals surface area contributed by atoms with Crippen molar-refractivity contribution in [2.75, 3.05) is 5.32 Å². The van der Waals surface area contributed by atoms with Gasteiger partial charge in [0.2, 0.25) is 0 Å². The van der Waals surface area contributed by atoms with Crippen LogP contribution in [0.15, 0.2) is 47.4 Å². The van der Waals surface area contributed by atoms with Gasteiger partial charge in [0, 0.05) is 12.2 Å². The normalized spacial score (nSPS) is 18.5. The van der Waals surface area contributed by atoms with E-state index >= 15 is 0 Å². The van der Waals surface area contributed by atoms with Crippen LogP contribution >= 0.6 is 0 Å². The minimum Gasteiger partial charge on any atom is -0.345 e. The first kappa shape index (κ1) is 17.0. The van der Waals surface area contributed by atoms with E-state index in [1.165, 1.54) is 10.6 Å². The van der Waals surface area contributed by atoms with E-state index in [0.29, 0.717) is 12.5 Å². The van der Waals surface area contributed by atoms with Crippen LogP contribution in [0.1, 0.15) is 24.5 Å². The predicted molar refractivity (Wildman–Crippen MR) is 95.3 cm³/mol. The van der Waals surface area contributed by atoms with E-state index in [0.717, 1.165) is 17.5 Å². The molecule has 1 saturated carbocycles. The lowest BCUT2D eigenvalue weighted by Gasteiger charge is -2.10. The molecule has 0 unspecified atom stereocenters. The van der Waals surface area contributed by atoms with E-state index in [9.17, 15) is 14.4 Å². The highest BCUT2D eigenvalue weighted by molar-refractivity contribution is 6.39. The fraction of sp³-hybridized carbons (Fsp3) is 0.316. The fourth-order valence-electron chi connectivity index (χ4n) is 2.58. The van der Waals surface area contributed by atoms with Gasteiger partial charge in [0.1, 0.15) is 5.69 Å². The maximum absolute atomic E-state index is 12.5. The summed E-state index contributed by atoms with van der Waals surface area (Å²) in [6.45, 7) is 4.40. The lowest BCUT2D eigenvalue weighted by Crippen LogP contribution is -2.38. The van der Waals surface area contributed by atoms with Gasteiger partial charge in [-0.1, -0.05) is 36.8 Å². The summed E-state index contributed by atoms with van der Waals surface area (Å²) in [5.41, 5.74) is 1.88. The monoisotopic (exact) mass is 339 g/mol. The van der Waals surface area contributed by atoms with Gasteiger partial charge in [0.15, 0.2) is 0 Å². The van der Waals surface area contributed by atoms with Crippen LogP contribution < -0.4 is 16.2 Å². The van der Waals surface area contributed by atoms with E-state index < -0.39 is 11.8 Å². The summed E-state index contributed by atoms with van der Waals surface area (Å²) in [6, 6.07) is 11.1. The number of nitrogens with zero attached hydrogens (tertiary/aromatic N) is 1. The zero-order chi connectivity index (χ0) is 18.0. The molecule has 1 fully saturated rings. The van der Waals surface area contributed by atoms with Crippen LogP contribution in [0.25, 0.3) is 0 Å². The fourth-order valence-corrected chi connectivity index (χ4v) is 2.58. The van der Waals surface area contributed by atoms with E-state index in [4.69, 9.17) is 0 Å². The number of benzene rings is 1. The van der Waals surface area contributed by atoms with Gasteiger partial charge in [-0.15, -0.1) is 0 Å². The van der Waals surface area contributed by atoms with Crippen molar-refractivity contribution in [1.82, 2.24) is 9.88 Å². The molecular formula is C19H21N3O3. The molecule has 0 aliphatic heterocycles. The van der Waals surface area contributed by atoms with Crippen LogP contribution in [0.5, 0.6) is 0 Å². The Kier molecular flexibility index (Phi) is 4.70. The maximum Gasteiger partial charge on any atom is 0.313 e. The highest BCUT2D eigenvalue weighted by Gasteiger charge is 2.35. The Morgan fingerprint density at radius 3 is 2.48 bits per heavy atom. The van der Waals surface area contributed by atoms with E-state index in [2.05, 4.69) is 10.6 Å². The number of amides is 2. The van der Waals surface area contributed by atoms with Crippen LogP contribution in [0, 0.1) is 12.8 Å². The Morgan fingerprint density at radius 2 is 1.84 bits per heavy atom. The minimum atomic E-state index is -0.815. The summed E-state index contributed by atoms with van der Waals surface area (Å²) in [4.78, 5) is 36.3. The number of aryl methyl sites for hydroxylation is 1. The summed E-state index contributed by atoms with van der Waals surface area (Å²) in [5.74, 6) is -1.12. The number of carbonyl (C=O) groups excluding carboxylic acids is 2. The highest BCUT2D eigenvalue weighted by Crippen LogP contribution is 2.28. The number of nitrogens with one attached hydrogen (secondary N) is 2. The van der Waals surface area contributed by atoms with E-state index in [1.807, 2.05) is 38.1 Å². The largest absolute Gasteiger partial charge is 0.345 e. The predicted octanol–water partition coefficient (Wildman–Crippen LogP) is 1.67. The average molecular weight is 339 g/mol. The van der Waals surface area contributed by atoms with Crippen molar-refractivity contribution in [3.8, 4) is 0 Å². The van der Waals surface area contributed by atoms with Gasteiger partial charge < -0.3 is 15.2 Å². The molecule has 2 atom stereocenters. The summed E-state index contributed by atoms with van der Waals surface area (Å²) in [7, 11) is 0. The van der Waals surface area contributed by atoms with Crippen LogP contribution in [-0.2, 0) is 16.1 Å². The Morgan fingerprint density at radius 1 is 1.16 bits per heavy atom. The smallest absolute Gasteiger partial charge is 0.313 e. The van der Waals surface area contributed by atoms with Crippen LogP contribution in [0.3, 0.4) is 0 Å². The van der Waals surface area contributed by atoms with E-state index in [1.54, 1.807) is 12.3 Å². The number of carbonyl (C=O) groups is 2. The second-order valence-corrected chi connectivity index (χ2v) is 6.59. The molecule has 6 nitrogen and oxygen atoms in total. The van der Waals surface area contributed by atoms with Gasteiger partial charge in [-0.3, -0.25) is 14.4 Å². The first-order valence-electron chi connectivity index (χ1n) is 8.31.